The van der Waals surface area contributed by atoms with E-state index < -0.39 is 5.54 Å². The summed E-state index contributed by atoms with van der Waals surface area (Å²) in [5, 5.41) is 3.27. The molecular weight excluding hydrogens is 186 g/mol. The predicted molar refractivity (Wildman–Crippen MR) is 62.9 cm³/mol. The van der Waals surface area contributed by atoms with Gasteiger partial charge in [-0.05, 0) is 33.3 Å². The van der Waals surface area contributed by atoms with Crippen molar-refractivity contribution in [1.29, 1.82) is 0 Å². The number of hydrogen-bond acceptors (Lipinski definition) is 2. The van der Waals surface area contributed by atoms with Gasteiger partial charge in [0, 0.05) is 6.04 Å². The fourth-order valence-corrected chi connectivity index (χ4v) is 1.53. The molecule has 0 radical (unpaired) electrons. The molecule has 82 valence electrons. The van der Waals surface area contributed by atoms with Crippen LogP contribution < -0.4 is 5.32 Å². The molecular formula is C13H19NO. The van der Waals surface area contributed by atoms with Gasteiger partial charge in [0.2, 0.25) is 0 Å². The predicted octanol–water partition coefficient (Wildman–Crippen LogP) is 2.62. The van der Waals surface area contributed by atoms with Gasteiger partial charge in [-0.2, -0.15) is 0 Å². The molecule has 0 amide bonds. The first kappa shape index (κ1) is 11.9. The molecule has 0 fully saturated rings. The monoisotopic (exact) mass is 205 g/mol. The first-order valence-electron chi connectivity index (χ1n) is 5.25. The van der Waals surface area contributed by atoms with E-state index in [1.54, 1.807) is 0 Å². The average Bonchev–Trinajstić information content (AvgIpc) is 2.18. The van der Waals surface area contributed by atoms with Gasteiger partial charge in [-0.1, -0.05) is 29.8 Å². The van der Waals surface area contributed by atoms with E-state index in [9.17, 15) is 4.79 Å². The number of benzene rings is 1. The van der Waals surface area contributed by atoms with E-state index >= 15 is 0 Å². The van der Waals surface area contributed by atoms with Crippen LogP contribution in [0.5, 0.6) is 0 Å². The summed E-state index contributed by atoms with van der Waals surface area (Å²) in [6.07, 6.45) is 0.942. The minimum Gasteiger partial charge on any atom is -0.301 e. The van der Waals surface area contributed by atoms with Crippen LogP contribution in [0.2, 0.25) is 0 Å². The van der Waals surface area contributed by atoms with Crippen molar-refractivity contribution in [1.82, 2.24) is 5.32 Å². The molecule has 0 aliphatic carbocycles. The molecule has 1 N–H and O–H groups in total. The minimum absolute atomic E-state index is 0.186. The molecule has 0 aliphatic rings. The standard InChI is InChI=1S/C13H19NO/c1-10-5-7-12(8-6-10)11(2)14-13(3,4)9-15/h5-9,11,14H,1-4H3. The third kappa shape index (κ3) is 3.48. The van der Waals surface area contributed by atoms with Gasteiger partial charge in [0.25, 0.3) is 0 Å². The summed E-state index contributed by atoms with van der Waals surface area (Å²) in [5.41, 5.74) is 1.99. The van der Waals surface area contributed by atoms with E-state index in [0.717, 1.165) is 6.29 Å². The lowest BCUT2D eigenvalue weighted by Gasteiger charge is -2.25. The van der Waals surface area contributed by atoms with Crippen LogP contribution in [-0.4, -0.2) is 11.8 Å². The molecule has 0 heterocycles. The molecule has 2 nitrogen and oxygen atoms in total. The maximum atomic E-state index is 10.8. The van der Waals surface area contributed by atoms with Crippen LogP contribution in [0.25, 0.3) is 0 Å². The molecule has 0 spiro atoms. The Balaban J connectivity index is 2.73. The summed E-state index contributed by atoms with van der Waals surface area (Å²) in [4.78, 5) is 10.8. The van der Waals surface area contributed by atoms with Gasteiger partial charge in [0.1, 0.15) is 6.29 Å². The smallest absolute Gasteiger partial charge is 0.139 e. The highest BCUT2D eigenvalue weighted by Crippen LogP contribution is 2.15. The molecule has 0 aliphatic heterocycles. The second-order valence-electron chi connectivity index (χ2n) is 4.62. The molecule has 1 atom stereocenters. The highest BCUT2D eigenvalue weighted by atomic mass is 16.1. The van der Waals surface area contributed by atoms with Crippen molar-refractivity contribution in [3.05, 3.63) is 35.4 Å². The van der Waals surface area contributed by atoms with Crippen LogP contribution in [0.3, 0.4) is 0 Å². The molecule has 1 unspecified atom stereocenters. The average molecular weight is 205 g/mol. The van der Waals surface area contributed by atoms with Crippen molar-refractivity contribution >= 4 is 6.29 Å². The van der Waals surface area contributed by atoms with Crippen LogP contribution in [0.1, 0.15) is 37.9 Å². The van der Waals surface area contributed by atoms with E-state index in [1.165, 1.54) is 11.1 Å². The molecule has 1 aromatic rings. The summed E-state index contributed by atoms with van der Waals surface area (Å²) in [6, 6.07) is 8.54. The Bertz CT molecular complexity index is 327. The van der Waals surface area contributed by atoms with E-state index in [4.69, 9.17) is 0 Å². The van der Waals surface area contributed by atoms with Crippen LogP contribution >= 0.6 is 0 Å². The van der Waals surface area contributed by atoms with Crippen molar-refractivity contribution in [2.75, 3.05) is 0 Å². The first-order chi connectivity index (χ1) is 6.94. The highest BCUT2D eigenvalue weighted by molar-refractivity contribution is 5.62. The van der Waals surface area contributed by atoms with Crippen molar-refractivity contribution in [3.63, 3.8) is 0 Å². The summed E-state index contributed by atoms with van der Waals surface area (Å²) >= 11 is 0. The molecule has 0 saturated carbocycles. The largest absolute Gasteiger partial charge is 0.301 e. The van der Waals surface area contributed by atoms with E-state index in [2.05, 4.69) is 43.4 Å². The Morgan fingerprint density at radius 2 is 1.80 bits per heavy atom. The summed E-state index contributed by atoms with van der Waals surface area (Å²) in [6.45, 7) is 7.89. The van der Waals surface area contributed by atoms with E-state index in [1.807, 2.05) is 13.8 Å². The van der Waals surface area contributed by atoms with Gasteiger partial charge in [-0.3, -0.25) is 5.32 Å². The lowest BCUT2D eigenvalue weighted by atomic mass is 10.0. The van der Waals surface area contributed by atoms with Crippen molar-refractivity contribution in [2.45, 2.75) is 39.3 Å². The van der Waals surface area contributed by atoms with Gasteiger partial charge < -0.3 is 4.79 Å². The maximum Gasteiger partial charge on any atom is 0.139 e. The molecule has 2 heteroatoms. The third-order valence-corrected chi connectivity index (χ3v) is 2.46. The maximum absolute atomic E-state index is 10.8. The van der Waals surface area contributed by atoms with Crippen LogP contribution in [0.15, 0.2) is 24.3 Å². The molecule has 0 saturated heterocycles. The Kier molecular flexibility index (Phi) is 3.64. The molecule has 0 bridgehead atoms. The fraction of sp³-hybridized carbons (Fsp3) is 0.462. The number of rotatable bonds is 4. The summed E-state index contributed by atoms with van der Waals surface area (Å²) in [7, 11) is 0. The van der Waals surface area contributed by atoms with Gasteiger partial charge in [0.15, 0.2) is 0 Å². The van der Waals surface area contributed by atoms with E-state index in [-0.39, 0.29) is 6.04 Å². The Labute approximate surface area is 91.7 Å². The van der Waals surface area contributed by atoms with Gasteiger partial charge in [-0.25, -0.2) is 0 Å². The highest BCUT2D eigenvalue weighted by Gasteiger charge is 2.19. The van der Waals surface area contributed by atoms with Gasteiger partial charge in [-0.15, -0.1) is 0 Å². The summed E-state index contributed by atoms with van der Waals surface area (Å²) in [5.74, 6) is 0. The zero-order chi connectivity index (χ0) is 11.5. The molecule has 1 aromatic carbocycles. The SMILES string of the molecule is Cc1ccc(C(C)NC(C)(C)C=O)cc1. The lowest BCUT2D eigenvalue weighted by molar-refractivity contribution is -0.112. The Morgan fingerprint density at radius 3 is 2.27 bits per heavy atom. The van der Waals surface area contributed by atoms with Crippen LogP contribution in [0.4, 0.5) is 0 Å². The zero-order valence-corrected chi connectivity index (χ0v) is 9.87. The molecule has 0 aromatic heterocycles. The van der Waals surface area contributed by atoms with Crippen LogP contribution in [0, 0.1) is 6.92 Å². The normalized spacial score (nSPS) is 13.6. The Morgan fingerprint density at radius 1 is 1.27 bits per heavy atom. The number of nitrogens with one attached hydrogen (secondary N) is 1. The third-order valence-electron chi connectivity index (χ3n) is 2.46. The number of hydrogen-bond donors (Lipinski definition) is 1. The zero-order valence-electron chi connectivity index (χ0n) is 9.87. The lowest BCUT2D eigenvalue weighted by Crippen LogP contribution is -2.42. The number of carbonyl (C=O) groups excluding carboxylic acids is 1. The second-order valence-corrected chi connectivity index (χ2v) is 4.62. The topological polar surface area (TPSA) is 29.1 Å². The van der Waals surface area contributed by atoms with Crippen LogP contribution in [-0.2, 0) is 4.79 Å². The molecule has 1 rings (SSSR count). The number of aldehydes is 1. The van der Waals surface area contributed by atoms with Crippen molar-refractivity contribution < 1.29 is 4.79 Å². The fourth-order valence-electron chi connectivity index (χ4n) is 1.53. The number of aryl methyl sites for hydroxylation is 1. The van der Waals surface area contributed by atoms with Crippen molar-refractivity contribution in [3.8, 4) is 0 Å². The first-order valence-corrected chi connectivity index (χ1v) is 5.25. The molecule has 15 heavy (non-hydrogen) atoms. The minimum atomic E-state index is -0.468. The quantitative estimate of drug-likeness (QED) is 0.766. The number of carbonyl (C=O) groups is 1. The van der Waals surface area contributed by atoms with Gasteiger partial charge in [0.05, 0.1) is 5.54 Å². The van der Waals surface area contributed by atoms with E-state index in [0.29, 0.717) is 0 Å². The van der Waals surface area contributed by atoms with Gasteiger partial charge >= 0.3 is 0 Å². The summed E-state index contributed by atoms with van der Waals surface area (Å²) < 4.78 is 0. The Hall–Kier alpha value is -1.15. The second kappa shape index (κ2) is 4.58. The van der Waals surface area contributed by atoms with Crippen molar-refractivity contribution in [2.24, 2.45) is 0 Å².